The summed E-state index contributed by atoms with van der Waals surface area (Å²) < 4.78 is 0. The van der Waals surface area contributed by atoms with Gasteiger partial charge in [-0.1, -0.05) is 0 Å². The Bertz CT molecular complexity index is 362. The molecule has 1 rings (SSSR count). The molecule has 0 aliphatic rings. The number of rotatable bonds is 2. The zero-order valence-electron chi connectivity index (χ0n) is 6.95. The summed E-state index contributed by atoms with van der Waals surface area (Å²) >= 11 is 0. The Morgan fingerprint density at radius 1 is 1.43 bits per heavy atom. The molecule has 0 unspecified atom stereocenters. The van der Waals surface area contributed by atoms with Gasteiger partial charge in [-0.3, -0.25) is 15.3 Å². The summed E-state index contributed by atoms with van der Waals surface area (Å²) in [4.78, 5) is 20.1. The summed E-state index contributed by atoms with van der Waals surface area (Å²) in [5, 5.41) is 19.5. The lowest BCUT2D eigenvalue weighted by molar-refractivity contribution is -0.384. The van der Waals surface area contributed by atoms with E-state index >= 15 is 0 Å². The molecule has 0 aliphatic carbocycles. The molecule has 0 atom stereocenters. The normalized spacial score (nSPS) is 9.50. The summed E-state index contributed by atoms with van der Waals surface area (Å²) in [6, 6.07) is 3.67. The number of hydroxylamine groups is 1. The molecule has 1 aromatic rings. The second-order valence-corrected chi connectivity index (χ2v) is 2.42. The van der Waals surface area contributed by atoms with Crippen molar-refractivity contribution in [3.05, 3.63) is 34.4 Å². The molecule has 14 heavy (non-hydrogen) atoms. The van der Waals surface area contributed by atoms with Crippen LogP contribution in [0.2, 0.25) is 0 Å². The summed E-state index contributed by atoms with van der Waals surface area (Å²) in [5.41, 5.74) is 4.71. The molecule has 7 heteroatoms. The lowest BCUT2D eigenvalue weighted by Crippen LogP contribution is -2.32. The predicted octanol–water partition coefficient (Wildman–Crippen LogP) is 0.869. The molecule has 0 saturated heterocycles. The van der Waals surface area contributed by atoms with Crippen LogP contribution in [0.15, 0.2) is 24.3 Å². The van der Waals surface area contributed by atoms with Gasteiger partial charge in [-0.2, -0.15) is 5.06 Å². The number of nitro benzene ring substituents is 1. The average Bonchev–Trinajstić information content (AvgIpc) is 2.16. The number of nitro groups is 1. The van der Waals surface area contributed by atoms with E-state index in [0.29, 0.717) is 0 Å². The molecule has 1 aromatic carbocycles. The molecule has 7 nitrogen and oxygen atoms in total. The van der Waals surface area contributed by atoms with Gasteiger partial charge in [0.25, 0.3) is 5.69 Å². The van der Waals surface area contributed by atoms with E-state index in [1.165, 1.54) is 12.1 Å². The van der Waals surface area contributed by atoms with Gasteiger partial charge in [0.15, 0.2) is 0 Å². The SMILES string of the molecule is NC(=O)N(O)c1ccc([N+](=O)[O-])cc1. The molecule has 74 valence electrons. The third kappa shape index (κ3) is 1.96. The molecule has 0 fully saturated rings. The molecule has 0 bridgehead atoms. The van der Waals surface area contributed by atoms with Crippen LogP contribution >= 0.6 is 0 Å². The first-order chi connectivity index (χ1) is 6.52. The van der Waals surface area contributed by atoms with E-state index in [9.17, 15) is 14.9 Å². The molecule has 0 saturated carbocycles. The highest BCUT2D eigenvalue weighted by atomic mass is 16.6. The minimum atomic E-state index is -1.06. The molecule has 0 aliphatic heterocycles. The van der Waals surface area contributed by atoms with E-state index in [-0.39, 0.29) is 16.4 Å². The molecular formula is C7H7N3O4. The second kappa shape index (κ2) is 3.71. The number of hydrogen-bond acceptors (Lipinski definition) is 4. The second-order valence-electron chi connectivity index (χ2n) is 2.42. The quantitative estimate of drug-likeness (QED) is 0.416. The van der Waals surface area contributed by atoms with Gasteiger partial charge in [0, 0.05) is 12.1 Å². The van der Waals surface area contributed by atoms with Crippen LogP contribution in [0.25, 0.3) is 0 Å². The number of carbonyl (C=O) groups excluding carboxylic acids is 1. The van der Waals surface area contributed by atoms with Crippen molar-refractivity contribution in [2.24, 2.45) is 5.73 Å². The molecule has 0 aromatic heterocycles. The number of primary amides is 1. The highest BCUT2D eigenvalue weighted by molar-refractivity contribution is 5.88. The number of non-ortho nitro benzene ring substituents is 1. The molecule has 0 radical (unpaired) electrons. The van der Waals surface area contributed by atoms with E-state index in [1.54, 1.807) is 0 Å². The summed E-state index contributed by atoms with van der Waals surface area (Å²) in [7, 11) is 0. The van der Waals surface area contributed by atoms with Gasteiger partial charge in [-0.05, 0) is 12.1 Å². The van der Waals surface area contributed by atoms with Gasteiger partial charge in [0.1, 0.15) is 0 Å². The van der Waals surface area contributed by atoms with E-state index in [0.717, 1.165) is 12.1 Å². The summed E-state index contributed by atoms with van der Waals surface area (Å²) in [6.45, 7) is 0. The smallest absolute Gasteiger partial charge is 0.343 e. The van der Waals surface area contributed by atoms with E-state index < -0.39 is 11.0 Å². The fourth-order valence-electron chi connectivity index (χ4n) is 0.843. The number of hydrogen-bond donors (Lipinski definition) is 2. The van der Waals surface area contributed by atoms with Crippen LogP contribution in [0.4, 0.5) is 16.2 Å². The number of anilines is 1. The van der Waals surface area contributed by atoms with Crippen molar-refractivity contribution in [3.63, 3.8) is 0 Å². The van der Waals surface area contributed by atoms with Gasteiger partial charge < -0.3 is 5.73 Å². The minimum absolute atomic E-state index is 0.0723. The van der Waals surface area contributed by atoms with Crippen molar-refractivity contribution in [2.45, 2.75) is 0 Å². The van der Waals surface area contributed by atoms with Gasteiger partial charge in [0.05, 0.1) is 10.6 Å². The van der Waals surface area contributed by atoms with Crippen molar-refractivity contribution in [2.75, 3.05) is 5.06 Å². The number of amides is 2. The monoisotopic (exact) mass is 197 g/mol. The first-order valence-corrected chi connectivity index (χ1v) is 3.55. The maximum absolute atomic E-state index is 10.5. The number of nitrogens with two attached hydrogens (primary N) is 1. The van der Waals surface area contributed by atoms with Crippen LogP contribution in [-0.2, 0) is 0 Å². The third-order valence-corrected chi connectivity index (χ3v) is 1.51. The number of nitrogens with zero attached hydrogens (tertiary/aromatic N) is 2. The maximum atomic E-state index is 10.5. The van der Waals surface area contributed by atoms with Crippen molar-refractivity contribution in [1.82, 2.24) is 0 Å². The Morgan fingerprint density at radius 3 is 2.29 bits per heavy atom. The van der Waals surface area contributed by atoms with Gasteiger partial charge in [0.2, 0.25) is 0 Å². The molecule has 0 heterocycles. The fourth-order valence-corrected chi connectivity index (χ4v) is 0.843. The topological polar surface area (TPSA) is 110 Å². The average molecular weight is 197 g/mol. The number of carbonyl (C=O) groups is 1. The Morgan fingerprint density at radius 2 is 1.93 bits per heavy atom. The zero-order valence-corrected chi connectivity index (χ0v) is 6.95. The van der Waals surface area contributed by atoms with Crippen LogP contribution in [0, 0.1) is 10.1 Å². The Balaban J connectivity index is 2.94. The molecular weight excluding hydrogens is 190 g/mol. The van der Waals surface area contributed by atoms with Crippen LogP contribution < -0.4 is 10.8 Å². The highest BCUT2D eigenvalue weighted by Gasteiger charge is 2.10. The largest absolute Gasteiger partial charge is 0.349 e. The lowest BCUT2D eigenvalue weighted by atomic mass is 10.3. The minimum Gasteiger partial charge on any atom is -0.349 e. The molecule has 0 spiro atoms. The van der Waals surface area contributed by atoms with Crippen molar-refractivity contribution in [1.29, 1.82) is 0 Å². The fraction of sp³-hybridized carbons (Fsp3) is 0. The Labute approximate surface area is 78.5 Å². The van der Waals surface area contributed by atoms with Gasteiger partial charge in [-0.25, -0.2) is 4.79 Å². The first kappa shape index (κ1) is 9.93. The van der Waals surface area contributed by atoms with Gasteiger partial charge >= 0.3 is 6.03 Å². The van der Waals surface area contributed by atoms with Gasteiger partial charge in [-0.15, -0.1) is 0 Å². The van der Waals surface area contributed by atoms with Crippen LogP contribution in [-0.4, -0.2) is 16.2 Å². The van der Waals surface area contributed by atoms with Crippen LogP contribution in [0.5, 0.6) is 0 Å². The van der Waals surface area contributed by atoms with E-state index in [2.05, 4.69) is 0 Å². The Hall–Kier alpha value is -2.15. The van der Waals surface area contributed by atoms with E-state index in [4.69, 9.17) is 10.9 Å². The van der Waals surface area contributed by atoms with Crippen LogP contribution in [0.1, 0.15) is 0 Å². The molecule has 3 N–H and O–H groups in total. The number of urea groups is 1. The van der Waals surface area contributed by atoms with Crippen molar-refractivity contribution < 1.29 is 14.9 Å². The predicted molar refractivity (Wildman–Crippen MR) is 46.9 cm³/mol. The highest BCUT2D eigenvalue weighted by Crippen LogP contribution is 2.17. The molecule has 2 amide bonds. The van der Waals surface area contributed by atoms with E-state index in [1.807, 2.05) is 0 Å². The summed E-state index contributed by atoms with van der Waals surface area (Å²) in [6.07, 6.45) is 0. The number of benzene rings is 1. The summed E-state index contributed by atoms with van der Waals surface area (Å²) in [5.74, 6) is 0. The van der Waals surface area contributed by atoms with Crippen LogP contribution in [0.3, 0.4) is 0 Å². The standard InChI is InChI=1S/C7H7N3O4/c8-7(11)9(12)5-1-3-6(4-2-5)10(13)14/h1-4,12H,(H2,8,11). The lowest BCUT2D eigenvalue weighted by Gasteiger charge is -2.10. The maximum Gasteiger partial charge on any atom is 0.343 e. The van der Waals surface area contributed by atoms with Crippen molar-refractivity contribution >= 4 is 17.4 Å². The third-order valence-electron chi connectivity index (χ3n) is 1.51. The van der Waals surface area contributed by atoms with Crippen molar-refractivity contribution in [3.8, 4) is 0 Å². The zero-order chi connectivity index (χ0) is 10.7. The first-order valence-electron chi connectivity index (χ1n) is 3.55. The Kier molecular flexibility index (Phi) is 2.63.